The van der Waals surface area contributed by atoms with Crippen molar-refractivity contribution >= 4 is 5.91 Å². The third-order valence-corrected chi connectivity index (χ3v) is 6.46. The van der Waals surface area contributed by atoms with Gasteiger partial charge in [0.25, 0.3) is 0 Å². The summed E-state index contributed by atoms with van der Waals surface area (Å²) >= 11 is 0. The lowest BCUT2D eigenvalue weighted by Crippen LogP contribution is -2.72. The van der Waals surface area contributed by atoms with Gasteiger partial charge in [0.05, 0.1) is 18.0 Å². The van der Waals surface area contributed by atoms with E-state index in [1.807, 2.05) is 4.90 Å². The number of nitrogens with one attached hydrogen (secondary N) is 1. The van der Waals surface area contributed by atoms with Crippen LogP contribution in [0.15, 0.2) is 30.3 Å². The number of likely N-dealkylation sites (tertiary alicyclic amines) is 2. The van der Waals surface area contributed by atoms with Gasteiger partial charge < -0.3 is 10.2 Å². The number of carbonyl (C=O) groups excluding carboxylic acids is 1. The maximum Gasteiger partial charge on any atom is 0.219 e. The molecule has 2 atom stereocenters. The van der Waals surface area contributed by atoms with Crippen molar-refractivity contribution in [1.82, 2.24) is 15.1 Å². The van der Waals surface area contributed by atoms with Crippen molar-refractivity contribution < 1.29 is 4.79 Å². The summed E-state index contributed by atoms with van der Waals surface area (Å²) in [4.78, 5) is 15.9. The van der Waals surface area contributed by atoms with E-state index in [0.29, 0.717) is 37.5 Å². The average molecular weight is 352 g/mol. The topological polar surface area (TPSA) is 59.4 Å². The fourth-order valence-corrected chi connectivity index (χ4v) is 4.73. The predicted octanol–water partition coefficient (Wildman–Crippen LogP) is 2.11. The number of amides is 1. The first-order valence-corrected chi connectivity index (χ1v) is 9.80. The molecule has 4 rings (SSSR count). The first-order chi connectivity index (χ1) is 12.6. The minimum absolute atomic E-state index is 0.0997. The minimum atomic E-state index is -0.0997. The maximum absolute atomic E-state index is 11.5. The van der Waals surface area contributed by atoms with E-state index < -0.39 is 0 Å². The monoisotopic (exact) mass is 352 g/mol. The standard InChI is InChI=1S/C21H28N4O/c1-16(26)24-14-21(15-24,9-10-22)25-11-7-18(8-12-25)23-20-13-19(20)17-5-3-2-4-6-17/h2-6,18-20,23H,7-9,11-15H2,1H3/t19-,20+/m0/s1. The summed E-state index contributed by atoms with van der Waals surface area (Å²) in [5.74, 6) is 0.797. The number of piperidine rings is 1. The fourth-order valence-electron chi connectivity index (χ4n) is 4.73. The summed E-state index contributed by atoms with van der Waals surface area (Å²) in [6.07, 6.45) is 4.03. The smallest absolute Gasteiger partial charge is 0.219 e. The summed E-state index contributed by atoms with van der Waals surface area (Å²) in [5.41, 5.74) is 1.35. The highest BCUT2D eigenvalue weighted by molar-refractivity contribution is 5.74. The zero-order valence-electron chi connectivity index (χ0n) is 15.5. The number of hydrogen-bond acceptors (Lipinski definition) is 4. The average Bonchev–Trinajstić information content (AvgIpc) is 3.38. The second-order valence-electron chi connectivity index (χ2n) is 8.22. The second-order valence-corrected chi connectivity index (χ2v) is 8.22. The van der Waals surface area contributed by atoms with E-state index in [1.165, 1.54) is 12.0 Å². The first-order valence-electron chi connectivity index (χ1n) is 9.80. The highest BCUT2D eigenvalue weighted by Gasteiger charge is 2.49. The lowest BCUT2D eigenvalue weighted by atomic mass is 9.82. The van der Waals surface area contributed by atoms with E-state index in [2.05, 4.69) is 46.6 Å². The number of carbonyl (C=O) groups is 1. The zero-order valence-corrected chi connectivity index (χ0v) is 15.5. The van der Waals surface area contributed by atoms with Gasteiger partial charge in [-0.15, -0.1) is 0 Å². The Labute approximate surface area is 156 Å². The SMILES string of the molecule is CC(=O)N1CC(CC#N)(N2CCC(N[C@@H]3C[C@H]3c3ccccc3)CC2)C1. The van der Waals surface area contributed by atoms with Gasteiger partial charge in [-0.3, -0.25) is 9.69 Å². The predicted molar refractivity (Wildman–Crippen MR) is 101 cm³/mol. The lowest BCUT2D eigenvalue weighted by molar-refractivity contribution is -0.145. The van der Waals surface area contributed by atoms with Gasteiger partial charge in [0.2, 0.25) is 5.91 Å². The Morgan fingerprint density at radius 1 is 1.27 bits per heavy atom. The number of nitrogens with zero attached hydrogens (tertiary/aromatic N) is 3. The molecule has 0 unspecified atom stereocenters. The molecule has 5 nitrogen and oxygen atoms in total. The molecule has 1 amide bonds. The molecule has 1 aromatic carbocycles. The molecule has 0 bridgehead atoms. The van der Waals surface area contributed by atoms with Gasteiger partial charge in [-0.25, -0.2) is 0 Å². The summed E-state index contributed by atoms with van der Waals surface area (Å²) in [7, 11) is 0. The highest BCUT2D eigenvalue weighted by atomic mass is 16.2. The van der Waals surface area contributed by atoms with E-state index in [9.17, 15) is 10.1 Å². The maximum atomic E-state index is 11.5. The van der Waals surface area contributed by atoms with Crippen molar-refractivity contribution in [2.24, 2.45) is 0 Å². The summed E-state index contributed by atoms with van der Waals surface area (Å²) in [6, 6.07) is 14.3. The quantitative estimate of drug-likeness (QED) is 0.882. The number of hydrogen-bond donors (Lipinski definition) is 1. The van der Waals surface area contributed by atoms with Gasteiger partial charge in [-0.05, 0) is 24.8 Å². The van der Waals surface area contributed by atoms with Crippen molar-refractivity contribution in [3.05, 3.63) is 35.9 Å². The van der Waals surface area contributed by atoms with Crippen LogP contribution < -0.4 is 5.32 Å². The molecule has 3 fully saturated rings. The van der Waals surface area contributed by atoms with Crippen LogP contribution in [0, 0.1) is 11.3 Å². The zero-order chi connectivity index (χ0) is 18.1. The third kappa shape index (κ3) is 3.36. The van der Waals surface area contributed by atoms with Gasteiger partial charge in [0.1, 0.15) is 0 Å². The van der Waals surface area contributed by atoms with Crippen LogP contribution in [0.2, 0.25) is 0 Å². The summed E-state index contributed by atoms with van der Waals surface area (Å²) < 4.78 is 0. The molecule has 1 saturated carbocycles. The van der Waals surface area contributed by atoms with E-state index in [1.54, 1.807) is 6.92 Å². The molecule has 26 heavy (non-hydrogen) atoms. The van der Waals surface area contributed by atoms with Crippen LogP contribution in [0.5, 0.6) is 0 Å². The van der Waals surface area contributed by atoms with E-state index >= 15 is 0 Å². The fraction of sp³-hybridized carbons (Fsp3) is 0.619. The van der Waals surface area contributed by atoms with Gasteiger partial charge in [-0.2, -0.15) is 5.26 Å². The lowest BCUT2D eigenvalue weighted by Gasteiger charge is -2.56. The molecule has 0 radical (unpaired) electrons. The van der Waals surface area contributed by atoms with Crippen LogP contribution in [0.3, 0.4) is 0 Å². The van der Waals surface area contributed by atoms with E-state index in [-0.39, 0.29) is 11.4 Å². The molecule has 2 aliphatic heterocycles. The molecule has 0 aromatic heterocycles. The Bertz CT molecular complexity index is 684. The van der Waals surface area contributed by atoms with Gasteiger partial charge >= 0.3 is 0 Å². The Morgan fingerprint density at radius 2 is 1.96 bits per heavy atom. The molecule has 1 aliphatic carbocycles. The van der Waals surface area contributed by atoms with Crippen molar-refractivity contribution in [1.29, 1.82) is 5.26 Å². The number of rotatable bonds is 5. The van der Waals surface area contributed by atoms with Crippen LogP contribution >= 0.6 is 0 Å². The molecule has 138 valence electrons. The minimum Gasteiger partial charge on any atom is -0.339 e. The normalized spacial score (nSPS) is 28.2. The van der Waals surface area contributed by atoms with Crippen LogP contribution in [-0.2, 0) is 4.79 Å². The molecular weight excluding hydrogens is 324 g/mol. The van der Waals surface area contributed by atoms with Crippen molar-refractivity contribution in [2.75, 3.05) is 26.2 Å². The molecule has 2 heterocycles. The number of benzene rings is 1. The third-order valence-electron chi connectivity index (χ3n) is 6.46. The molecular formula is C21H28N4O. The van der Waals surface area contributed by atoms with E-state index in [0.717, 1.165) is 25.9 Å². The molecule has 0 spiro atoms. The van der Waals surface area contributed by atoms with Crippen molar-refractivity contribution in [3.8, 4) is 6.07 Å². The first kappa shape index (κ1) is 17.5. The van der Waals surface area contributed by atoms with Crippen molar-refractivity contribution in [2.45, 2.75) is 56.1 Å². The number of nitriles is 1. The van der Waals surface area contributed by atoms with Crippen LogP contribution in [-0.4, -0.2) is 59.5 Å². The summed E-state index contributed by atoms with van der Waals surface area (Å²) in [6.45, 7) is 5.09. The highest BCUT2D eigenvalue weighted by Crippen LogP contribution is 2.41. The van der Waals surface area contributed by atoms with Crippen LogP contribution in [0.25, 0.3) is 0 Å². The Morgan fingerprint density at radius 3 is 2.58 bits per heavy atom. The molecule has 3 aliphatic rings. The van der Waals surface area contributed by atoms with E-state index in [4.69, 9.17) is 0 Å². The van der Waals surface area contributed by atoms with Crippen LogP contribution in [0.4, 0.5) is 0 Å². The molecule has 1 N–H and O–H groups in total. The Balaban J connectivity index is 1.27. The second kappa shape index (κ2) is 7.02. The molecule has 5 heteroatoms. The Hall–Kier alpha value is -1.90. The molecule has 2 saturated heterocycles. The van der Waals surface area contributed by atoms with Gasteiger partial charge in [0, 0.05) is 51.1 Å². The molecule has 1 aromatic rings. The van der Waals surface area contributed by atoms with Crippen LogP contribution in [0.1, 0.15) is 44.1 Å². The Kier molecular flexibility index (Phi) is 4.73. The largest absolute Gasteiger partial charge is 0.339 e. The van der Waals surface area contributed by atoms with Gasteiger partial charge in [0.15, 0.2) is 0 Å². The van der Waals surface area contributed by atoms with Gasteiger partial charge in [-0.1, -0.05) is 30.3 Å². The summed E-state index contributed by atoms with van der Waals surface area (Å²) in [5, 5.41) is 13.1. The van der Waals surface area contributed by atoms with Crippen molar-refractivity contribution in [3.63, 3.8) is 0 Å².